The van der Waals surface area contributed by atoms with Gasteiger partial charge in [-0.2, -0.15) is 0 Å². The minimum absolute atomic E-state index is 0.0148. The molecule has 0 aliphatic carbocycles. The SMILES string of the molecule is CC(C)(C)c1ccc(-c2ccc(N(c3ccc(-c4ccc(C(C)(C)C)c5ccccc45)cc3)c3cc4c(c5c3oc3ccccc35)-c3cc5c(cc3[Si]4(C)C)-c3c(cc(N(c4ccc(-c6ccc(C(C)(C)C)c7ccccc67)cc4)c4ccc(-c6ccc(C(C)(C)C)c7ccccc67)cc4)c4oc6ccccc6c34)[Si]5(C)C)cc2)c2ccccc12. The average Bonchev–Trinajstić information content (AvgIpc) is 1.51. The van der Waals surface area contributed by atoms with Gasteiger partial charge in [-0.3, -0.25) is 0 Å². The number of benzene rings is 17. The Labute approximate surface area is 707 Å². The zero-order valence-electron chi connectivity index (χ0n) is 71.7. The predicted molar refractivity (Wildman–Crippen MR) is 521 cm³/mol. The zero-order valence-corrected chi connectivity index (χ0v) is 73.7. The first kappa shape index (κ1) is 74.9. The van der Waals surface area contributed by atoms with Crippen LogP contribution in [-0.4, -0.2) is 16.1 Å². The van der Waals surface area contributed by atoms with Crippen LogP contribution in [0.5, 0.6) is 0 Å². The molecule has 2 aromatic heterocycles. The molecule has 0 atom stereocenters. The number of para-hydroxylation sites is 2. The minimum Gasteiger partial charge on any atom is -0.454 e. The summed E-state index contributed by atoms with van der Waals surface area (Å²) in [5.41, 5.74) is 30.0. The molecule has 0 fully saturated rings. The normalized spacial score (nSPS) is 13.8. The number of nitrogens with zero attached hydrogens (tertiary/aromatic N) is 2. The van der Waals surface area contributed by atoms with Gasteiger partial charge in [-0.1, -0.05) is 352 Å². The molecule has 0 amide bonds. The van der Waals surface area contributed by atoms with Crippen LogP contribution in [0, 0.1) is 0 Å². The number of anilines is 6. The molecule has 19 aromatic rings. The maximum atomic E-state index is 7.54. The molecule has 586 valence electrons. The van der Waals surface area contributed by atoms with Gasteiger partial charge >= 0.3 is 0 Å². The van der Waals surface area contributed by atoms with Gasteiger partial charge in [0.2, 0.25) is 0 Å². The summed E-state index contributed by atoms with van der Waals surface area (Å²) in [4.78, 5) is 4.98. The Morgan fingerprint density at radius 2 is 0.458 bits per heavy atom. The Bertz CT molecular complexity index is 6740. The summed E-state index contributed by atoms with van der Waals surface area (Å²) in [6.45, 7) is 38.2. The molecular weight excluding hydrogens is 1490 g/mol. The lowest BCUT2D eigenvalue weighted by atomic mass is 9.82. The highest BCUT2D eigenvalue weighted by Gasteiger charge is 2.47. The molecule has 0 N–H and O–H groups in total. The fourth-order valence-electron chi connectivity index (χ4n) is 20.8. The molecule has 0 spiro atoms. The number of fused-ring (bicyclic) bond motifs is 18. The summed E-state index contributed by atoms with van der Waals surface area (Å²) < 4.78 is 15.1. The van der Waals surface area contributed by atoms with Crippen LogP contribution in [0.2, 0.25) is 26.2 Å². The third-order valence-corrected chi connectivity index (χ3v) is 33.8. The van der Waals surface area contributed by atoms with Crippen LogP contribution < -0.4 is 30.5 Å². The highest BCUT2D eigenvalue weighted by molar-refractivity contribution is 7.06. The van der Waals surface area contributed by atoms with Crippen LogP contribution in [0.15, 0.2) is 324 Å². The first-order chi connectivity index (χ1) is 57.6. The van der Waals surface area contributed by atoms with Crippen molar-refractivity contribution in [3.05, 3.63) is 338 Å². The number of hydrogen-bond acceptors (Lipinski definition) is 4. The smallest absolute Gasteiger partial charge is 0.160 e. The summed E-state index contributed by atoms with van der Waals surface area (Å²) in [7, 11) is -5.33. The Morgan fingerprint density at radius 1 is 0.225 bits per heavy atom. The molecule has 4 heterocycles. The second-order valence-electron chi connectivity index (χ2n) is 39.1. The van der Waals surface area contributed by atoms with E-state index in [4.69, 9.17) is 8.83 Å². The summed E-state index contributed by atoms with van der Waals surface area (Å²) >= 11 is 0. The molecule has 2 aliphatic rings. The van der Waals surface area contributed by atoms with E-state index in [2.05, 4.69) is 435 Å². The van der Waals surface area contributed by atoms with Crippen LogP contribution in [-0.2, 0) is 21.7 Å². The molecule has 6 heteroatoms. The summed E-state index contributed by atoms with van der Waals surface area (Å²) in [6.07, 6.45) is 0. The topological polar surface area (TPSA) is 32.8 Å². The van der Waals surface area contributed by atoms with Crippen LogP contribution in [0.3, 0.4) is 0 Å². The number of rotatable bonds is 10. The Morgan fingerprint density at radius 3 is 0.708 bits per heavy atom. The Hall–Kier alpha value is -12.6. The lowest BCUT2D eigenvalue weighted by Gasteiger charge is -2.28. The van der Waals surface area contributed by atoms with Gasteiger partial charge < -0.3 is 18.6 Å². The molecule has 0 bridgehead atoms. The van der Waals surface area contributed by atoms with Crippen molar-refractivity contribution >= 4 is 158 Å². The van der Waals surface area contributed by atoms with Gasteiger partial charge in [-0.25, -0.2) is 0 Å². The van der Waals surface area contributed by atoms with Gasteiger partial charge in [0.15, 0.2) is 11.2 Å². The molecule has 2 aliphatic heterocycles. The zero-order chi connectivity index (χ0) is 82.6. The van der Waals surface area contributed by atoms with Crippen molar-refractivity contribution in [2.45, 2.75) is 131 Å². The summed E-state index contributed by atoms with van der Waals surface area (Å²) in [5.74, 6) is 0. The van der Waals surface area contributed by atoms with E-state index >= 15 is 0 Å². The lowest BCUT2D eigenvalue weighted by Crippen LogP contribution is -2.51. The van der Waals surface area contributed by atoms with E-state index in [9.17, 15) is 0 Å². The van der Waals surface area contributed by atoms with E-state index in [0.717, 1.165) is 67.2 Å². The van der Waals surface area contributed by atoms with Gasteiger partial charge in [-0.05, 0) is 247 Å². The predicted octanol–water partition coefficient (Wildman–Crippen LogP) is 30.5. The highest BCUT2D eigenvalue weighted by atomic mass is 28.3. The largest absolute Gasteiger partial charge is 0.454 e. The first-order valence-electron chi connectivity index (χ1n) is 42.9. The fraction of sp³-hybridized carbons (Fsp3) is 0.175. The van der Waals surface area contributed by atoms with E-state index in [1.54, 1.807) is 0 Å². The molecular formula is C114H100N2O2Si2. The molecule has 0 saturated heterocycles. The van der Waals surface area contributed by atoms with Crippen LogP contribution in [0.1, 0.15) is 105 Å². The van der Waals surface area contributed by atoms with Crippen molar-refractivity contribution in [3.63, 3.8) is 0 Å². The van der Waals surface area contributed by atoms with Crippen LogP contribution >= 0.6 is 0 Å². The van der Waals surface area contributed by atoms with E-state index < -0.39 is 16.1 Å². The maximum Gasteiger partial charge on any atom is 0.160 e. The van der Waals surface area contributed by atoms with Crippen molar-refractivity contribution in [2.75, 3.05) is 9.80 Å². The standard InChI is InChI=1S/C114H100N2O2Si2/c1-111(2,3)93-61-57-77(81-29-17-21-33-85(81)93)69-41-49-73(50-42-69)115(74-51-43-70(44-52-74)78-58-62-94(112(4,5)6)86-34-22-18-30-82(78)86)97-67-103-105(107-89-37-25-27-39-99(89)117-109(97)107)91-65-102-92(66-101(91)119(103,13)14)106-104(120(102,15)16)68-98(110-108(106)90-38-26-28-40-100(90)118-110)116(75-53-45-71(46-54-75)79-59-63-95(113(7,8)9)87-35-23-19-31-83(79)87)76-55-47-72(48-56-76)80-60-64-96(114(10,11)12)88-36-24-20-32-84(80)88/h17-68H,1-16H3. The third-order valence-electron chi connectivity index (χ3n) is 26.8. The monoisotopic (exact) mass is 1580 g/mol. The number of hydrogen-bond donors (Lipinski definition) is 0. The average molecular weight is 1590 g/mol. The second kappa shape index (κ2) is 27.0. The second-order valence-corrected chi connectivity index (χ2v) is 47.8. The van der Waals surface area contributed by atoms with E-state index in [1.807, 2.05) is 0 Å². The van der Waals surface area contributed by atoms with E-state index in [0.29, 0.717) is 0 Å². The molecule has 21 rings (SSSR count). The van der Waals surface area contributed by atoms with Crippen LogP contribution in [0.25, 0.3) is 154 Å². The lowest BCUT2D eigenvalue weighted by molar-refractivity contribution is 0.595. The first-order valence-corrected chi connectivity index (χ1v) is 48.9. The van der Waals surface area contributed by atoms with Gasteiger partial charge in [0, 0.05) is 44.3 Å². The van der Waals surface area contributed by atoms with Gasteiger partial charge in [0.05, 0.1) is 11.4 Å². The maximum absolute atomic E-state index is 7.54. The molecule has 120 heavy (non-hydrogen) atoms. The van der Waals surface area contributed by atoms with Gasteiger partial charge in [0.1, 0.15) is 27.3 Å². The Kier molecular flexibility index (Phi) is 16.8. The van der Waals surface area contributed by atoms with Crippen molar-refractivity contribution in [1.29, 1.82) is 0 Å². The van der Waals surface area contributed by atoms with Gasteiger partial charge in [-0.15, -0.1) is 0 Å². The molecule has 0 unspecified atom stereocenters. The number of furan rings is 2. The Balaban J connectivity index is 0.742. The molecule has 0 saturated carbocycles. The molecule has 0 radical (unpaired) electrons. The van der Waals surface area contributed by atoms with Crippen LogP contribution in [0.4, 0.5) is 34.1 Å². The minimum atomic E-state index is -2.66. The van der Waals surface area contributed by atoms with Gasteiger partial charge in [0.25, 0.3) is 0 Å². The van der Waals surface area contributed by atoms with Crippen molar-refractivity contribution in [1.82, 2.24) is 0 Å². The summed E-state index contributed by atoms with van der Waals surface area (Å²) in [5, 5.41) is 20.5. The highest BCUT2D eigenvalue weighted by Crippen LogP contribution is 2.54. The van der Waals surface area contributed by atoms with E-state index in [-0.39, 0.29) is 21.7 Å². The summed E-state index contributed by atoms with van der Waals surface area (Å²) in [6, 6.07) is 120. The van der Waals surface area contributed by atoms with E-state index in [1.165, 1.54) is 164 Å². The molecule has 4 nitrogen and oxygen atoms in total. The van der Waals surface area contributed by atoms with Crippen molar-refractivity contribution in [3.8, 4) is 66.8 Å². The quantitative estimate of drug-likeness (QED) is 0.128. The van der Waals surface area contributed by atoms with Crippen molar-refractivity contribution < 1.29 is 8.83 Å². The fourth-order valence-corrected chi connectivity index (χ4v) is 26.9. The van der Waals surface area contributed by atoms with Crippen molar-refractivity contribution in [2.24, 2.45) is 0 Å². The molecule has 17 aromatic carbocycles. The third kappa shape index (κ3) is 11.7.